The molecule has 1 aromatic rings. The molecule has 6 nitrogen and oxygen atoms in total. The first-order chi connectivity index (χ1) is 12.2. The van der Waals surface area contributed by atoms with Crippen LogP contribution in [0.3, 0.4) is 0 Å². The zero-order valence-electron chi connectivity index (χ0n) is 16.0. The number of hydrogen-bond donors (Lipinski definition) is 2. The summed E-state index contributed by atoms with van der Waals surface area (Å²) in [5.74, 6) is 1.77. The summed E-state index contributed by atoms with van der Waals surface area (Å²) in [6.07, 6.45) is 9.67. The van der Waals surface area contributed by atoms with E-state index in [1.54, 1.807) is 13.3 Å². The smallest absolute Gasteiger partial charge is 0.191 e. The first-order valence-electron chi connectivity index (χ1n) is 9.46. The van der Waals surface area contributed by atoms with Crippen molar-refractivity contribution in [3.05, 3.63) is 24.2 Å². The second-order valence-corrected chi connectivity index (χ2v) is 6.86. The van der Waals surface area contributed by atoms with E-state index >= 15 is 0 Å². The molecule has 0 saturated heterocycles. The minimum absolute atomic E-state index is 0.170. The summed E-state index contributed by atoms with van der Waals surface area (Å²) in [4.78, 5) is 6.43. The number of nitrogens with one attached hydrogen (secondary N) is 2. The molecule has 0 amide bonds. The van der Waals surface area contributed by atoms with Gasteiger partial charge < -0.3 is 19.8 Å². The van der Waals surface area contributed by atoms with E-state index in [0.717, 1.165) is 37.8 Å². The van der Waals surface area contributed by atoms with E-state index in [0.29, 0.717) is 6.10 Å². The van der Waals surface area contributed by atoms with E-state index in [-0.39, 0.29) is 6.04 Å². The first kappa shape index (κ1) is 19.8. The van der Waals surface area contributed by atoms with Gasteiger partial charge in [0.15, 0.2) is 5.96 Å². The second kappa shape index (κ2) is 11.2. The van der Waals surface area contributed by atoms with Gasteiger partial charge in [0.25, 0.3) is 0 Å². The predicted octanol–water partition coefficient (Wildman–Crippen LogP) is 2.79. The van der Waals surface area contributed by atoms with Gasteiger partial charge in [0.2, 0.25) is 0 Å². The molecule has 25 heavy (non-hydrogen) atoms. The molecule has 1 aliphatic rings. The third-order valence-corrected chi connectivity index (χ3v) is 4.70. The molecule has 142 valence electrons. The Bertz CT molecular complexity index is 482. The van der Waals surface area contributed by atoms with Crippen LogP contribution in [0.5, 0.6) is 0 Å². The average Bonchev–Trinajstić information content (AvgIpc) is 3.14. The lowest BCUT2D eigenvalue weighted by atomic mass is 9.98. The maximum absolute atomic E-state index is 5.96. The fourth-order valence-electron chi connectivity index (χ4n) is 3.19. The summed E-state index contributed by atoms with van der Waals surface area (Å²) in [7, 11) is 5.90. The van der Waals surface area contributed by atoms with Crippen LogP contribution in [-0.2, 0) is 4.74 Å². The molecule has 0 spiro atoms. The van der Waals surface area contributed by atoms with E-state index in [1.807, 2.05) is 26.2 Å². The highest BCUT2D eigenvalue weighted by Crippen LogP contribution is 2.20. The topological polar surface area (TPSA) is 62.0 Å². The molecule has 0 radical (unpaired) electrons. The summed E-state index contributed by atoms with van der Waals surface area (Å²) in [5, 5.41) is 6.73. The largest absolute Gasteiger partial charge is 0.468 e. The average molecular weight is 351 g/mol. The van der Waals surface area contributed by atoms with Crippen molar-refractivity contribution in [1.29, 1.82) is 0 Å². The third-order valence-electron chi connectivity index (χ3n) is 4.70. The van der Waals surface area contributed by atoms with Crippen LogP contribution in [0, 0.1) is 0 Å². The SMILES string of the molecule is CN=C(NCCCOC1CCCCC1)NCC(c1ccco1)N(C)C. The van der Waals surface area contributed by atoms with E-state index < -0.39 is 0 Å². The molecule has 1 atom stereocenters. The summed E-state index contributed by atoms with van der Waals surface area (Å²) in [6, 6.07) is 4.10. The van der Waals surface area contributed by atoms with Crippen molar-refractivity contribution in [3.8, 4) is 0 Å². The molecular weight excluding hydrogens is 316 g/mol. The van der Waals surface area contributed by atoms with E-state index in [9.17, 15) is 0 Å². The Balaban J connectivity index is 1.62. The van der Waals surface area contributed by atoms with Gasteiger partial charge in [-0.15, -0.1) is 0 Å². The van der Waals surface area contributed by atoms with Crippen LogP contribution < -0.4 is 10.6 Å². The van der Waals surface area contributed by atoms with Crippen molar-refractivity contribution >= 4 is 5.96 Å². The van der Waals surface area contributed by atoms with E-state index in [2.05, 4.69) is 20.5 Å². The van der Waals surface area contributed by atoms with E-state index in [4.69, 9.17) is 9.15 Å². The van der Waals surface area contributed by atoms with Crippen molar-refractivity contribution in [2.75, 3.05) is 40.8 Å². The van der Waals surface area contributed by atoms with Crippen molar-refractivity contribution < 1.29 is 9.15 Å². The monoisotopic (exact) mass is 350 g/mol. The molecule has 2 N–H and O–H groups in total. The minimum Gasteiger partial charge on any atom is -0.468 e. The number of rotatable bonds is 9. The summed E-state index contributed by atoms with van der Waals surface area (Å²) < 4.78 is 11.5. The molecule has 1 saturated carbocycles. The van der Waals surface area contributed by atoms with Gasteiger partial charge in [-0.3, -0.25) is 9.89 Å². The van der Waals surface area contributed by atoms with Crippen molar-refractivity contribution in [3.63, 3.8) is 0 Å². The fraction of sp³-hybridized carbons (Fsp3) is 0.737. The molecule has 1 aliphatic carbocycles. The lowest BCUT2D eigenvalue weighted by Crippen LogP contribution is -2.42. The number of likely N-dealkylation sites (N-methyl/N-ethyl adjacent to an activating group) is 1. The molecule has 2 rings (SSSR count). The van der Waals surface area contributed by atoms with Crippen LogP contribution in [0.4, 0.5) is 0 Å². The van der Waals surface area contributed by atoms with Gasteiger partial charge in [0, 0.05) is 26.7 Å². The highest BCUT2D eigenvalue weighted by Gasteiger charge is 2.17. The quantitative estimate of drug-likeness (QED) is 0.407. The summed E-state index contributed by atoms with van der Waals surface area (Å²) >= 11 is 0. The Morgan fingerprint density at radius 1 is 1.32 bits per heavy atom. The number of hydrogen-bond acceptors (Lipinski definition) is 4. The lowest BCUT2D eigenvalue weighted by molar-refractivity contribution is 0.0277. The third kappa shape index (κ3) is 7.08. The molecule has 6 heteroatoms. The molecule has 0 aromatic carbocycles. The zero-order chi connectivity index (χ0) is 17.9. The normalized spacial score (nSPS) is 17.7. The van der Waals surface area contributed by atoms with Gasteiger partial charge in [-0.05, 0) is 45.5 Å². The Labute approximate surface area is 152 Å². The second-order valence-electron chi connectivity index (χ2n) is 6.86. The van der Waals surface area contributed by atoms with Crippen LogP contribution in [0.1, 0.15) is 50.3 Å². The highest BCUT2D eigenvalue weighted by molar-refractivity contribution is 5.79. The van der Waals surface area contributed by atoms with Crippen molar-refractivity contribution in [2.24, 2.45) is 4.99 Å². The number of nitrogens with zero attached hydrogens (tertiary/aromatic N) is 2. The maximum Gasteiger partial charge on any atom is 0.191 e. The molecule has 0 aliphatic heterocycles. The Kier molecular flexibility index (Phi) is 8.83. The zero-order valence-corrected chi connectivity index (χ0v) is 16.0. The Morgan fingerprint density at radius 3 is 2.76 bits per heavy atom. The predicted molar refractivity (Wildman–Crippen MR) is 102 cm³/mol. The van der Waals surface area contributed by atoms with Gasteiger partial charge in [-0.2, -0.15) is 0 Å². The van der Waals surface area contributed by atoms with Gasteiger partial charge in [-0.25, -0.2) is 0 Å². The van der Waals surface area contributed by atoms with Crippen LogP contribution in [0.25, 0.3) is 0 Å². The van der Waals surface area contributed by atoms with Crippen molar-refractivity contribution in [2.45, 2.75) is 50.7 Å². The van der Waals surface area contributed by atoms with Crippen LogP contribution >= 0.6 is 0 Å². The van der Waals surface area contributed by atoms with Crippen molar-refractivity contribution in [1.82, 2.24) is 15.5 Å². The molecule has 1 fully saturated rings. The minimum atomic E-state index is 0.170. The maximum atomic E-state index is 5.96. The van der Waals surface area contributed by atoms with Gasteiger partial charge in [0.05, 0.1) is 18.4 Å². The van der Waals surface area contributed by atoms with E-state index in [1.165, 1.54) is 32.1 Å². The molecule has 1 aromatic heterocycles. The molecular formula is C19H34N4O2. The van der Waals surface area contributed by atoms with Gasteiger partial charge in [-0.1, -0.05) is 19.3 Å². The fourth-order valence-corrected chi connectivity index (χ4v) is 3.19. The van der Waals surface area contributed by atoms with Crippen LogP contribution in [0.2, 0.25) is 0 Å². The lowest BCUT2D eigenvalue weighted by Gasteiger charge is -2.24. The standard InChI is InChI=1S/C19H34N4O2/c1-20-19(21-12-8-14-24-16-9-5-4-6-10-16)22-15-17(23(2)3)18-11-7-13-25-18/h7,11,13,16-17H,4-6,8-10,12,14-15H2,1-3H3,(H2,20,21,22). The number of guanidine groups is 1. The summed E-state index contributed by atoms with van der Waals surface area (Å²) in [5.41, 5.74) is 0. The highest BCUT2D eigenvalue weighted by atomic mass is 16.5. The van der Waals surface area contributed by atoms with Gasteiger partial charge in [0.1, 0.15) is 5.76 Å². The van der Waals surface area contributed by atoms with Crippen LogP contribution in [0.15, 0.2) is 27.8 Å². The molecule has 0 bridgehead atoms. The summed E-state index contributed by atoms with van der Waals surface area (Å²) in [6.45, 7) is 2.42. The van der Waals surface area contributed by atoms with Crippen LogP contribution in [-0.4, -0.2) is 57.8 Å². The van der Waals surface area contributed by atoms with Gasteiger partial charge >= 0.3 is 0 Å². The number of aliphatic imine (C=N–C) groups is 1. The molecule has 1 unspecified atom stereocenters. The number of ether oxygens (including phenoxy) is 1. The number of furan rings is 1. The first-order valence-corrected chi connectivity index (χ1v) is 9.46. The molecule has 1 heterocycles. The Morgan fingerprint density at radius 2 is 2.12 bits per heavy atom. The Hall–Kier alpha value is -1.53.